The number of aromatic nitrogens is 1. The van der Waals surface area contributed by atoms with Gasteiger partial charge < -0.3 is 11.1 Å². The van der Waals surface area contributed by atoms with E-state index in [0.717, 1.165) is 11.3 Å². The molecule has 0 aliphatic heterocycles. The van der Waals surface area contributed by atoms with Crippen LogP contribution in [0.5, 0.6) is 0 Å². The molecule has 0 aromatic carbocycles. The quantitative estimate of drug-likeness (QED) is 0.805. The summed E-state index contributed by atoms with van der Waals surface area (Å²) in [5, 5.41) is 2.84. The summed E-state index contributed by atoms with van der Waals surface area (Å²) in [6.45, 7) is 1.94. The average Bonchev–Trinajstić information content (AvgIpc) is 3.04. The third-order valence-electron chi connectivity index (χ3n) is 2.96. The van der Waals surface area contributed by atoms with Crippen LogP contribution in [0.4, 0.5) is 5.69 Å². The summed E-state index contributed by atoms with van der Waals surface area (Å²) in [6, 6.07) is 1.88. The van der Waals surface area contributed by atoms with Gasteiger partial charge in [0.25, 0.3) is 0 Å². The number of pyridine rings is 1. The Morgan fingerprint density at radius 1 is 1.69 bits per heavy atom. The molecule has 2 rings (SSSR count). The minimum Gasteiger partial charge on any atom is -0.327 e. The van der Waals surface area contributed by atoms with Crippen LogP contribution in [0.25, 0.3) is 0 Å². The Morgan fingerprint density at radius 2 is 2.44 bits per heavy atom. The van der Waals surface area contributed by atoms with Crippen LogP contribution in [0.2, 0.25) is 0 Å². The molecule has 3 N–H and O–H groups in total. The summed E-state index contributed by atoms with van der Waals surface area (Å²) in [4.78, 5) is 15.7. The van der Waals surface area contributed by atoms with E-state index in [1.165, 1.54) is 12.8 Å². The lowest BCUT2D eigenvalue weighted by molar-refractivity contribution is -0.116. The molecule has 1 heterocycles. The average molecular weight is 219 g/mol. The number of anilines is 1. The van der Waals surface area contributed by atoms with Gasteiger partial charge in [-0.05, 0) is 37.3 Å². The number of rotatable bonds is 4. The Hall–Kier alpha value is -1.42. The van der Waals surface area contributed by atoms with Crippen molar-refractivity contribution in [3.05, 3.63) is 24.0 Å². The molecule has 86 valence electrons. The monoisotopic (exact) mass is 219 g/mol. The highest BCUT2D eigenvalue weighted by molar-refractivity contribution is 5.91. The second kappa shape index (κ2) is 4.61. The number of carbonyl (C=O) groups is 1. The highest BCUT2D eigenvalue weighted by Gasteiger charge is 2.29. The largest absolute Gasteiger partial charge is 0.327 e. The van der Waals surface area contributed by atoms with Crippen LogP contribution >= 0.6 is 0 Å². The molecule has 0 spiro atoms. The topological polar surface area (TPSA) is 68.0 Å². The van der Waals surface area contributed by atoms with Crippen molar-refractivity contribution in [3.63, 3.8) is 0 Å². The van der Waals surface area contributed by atoms with Crippen LogP contribution in [-0.2, 0) is 4.79 Å². The Labute approximate surface area is 95.3 Å². The van der Waals surface area contributed by atoms with Gasteiger partial charge in [-0.1, -0.05) is 0 Å². The molecule has 1 aliphatic carbocycles. The SMILES string of the molecule is Cc1ccncc1NC(=O)CC(N)C1CC1. The fraction of sp³-hybridized carbons (Fsp3) is 0.500. The van der Waals surface area contributed by atoms with Crippen LogP contribution in [0.3, 0.4) is 0 Å². The number of nitrogens with one attached hydrogen (secondary N) is 1. The highest BCUT2D eigenvalue weighted by Crippen LogP contribution is 2.32. The van der Waals surface area contributed by atoms with E-state index in [4.69, 9.17) is 5.73 Å². The Balaban J connectivity index is 1.89. The maximum Gasteiger partial charge on any atom is 0.225 e. The zero-order valence-corrected chi connectivity index (χ0v) is 9.44. The summed E-state index contributed by atoms with van der Waals surface area (Å²) in [6.07, 6.45) is 6.11. The zero-order chi connectivity index (χ0) is 11.5. The lowest BCUT2D eigenvalue weighted by Gasteiger charge is -2.11. The molecule has 4 heteroatoms. The molecule has 16 heavy (non-hydrogen) atoms. The standard InChI is InChI=1S/C12H17N3O/c1-8-4-5-14-7-11(8)15-12(16)6-10(13)9-2-3-9/h4-5,7,9-10H,2-3,6,13H2,1H3,(H,15,16). The van der Waals surface area contributed by atoms with Gasteiger partial charge in [-0.2, -0.15) is 0 Å². The van der Waals surface area contributed by atoms with Crippen LogP contribution in [0.15, 0.2) is 18.5 Å². The molecule has 4 nitrogen and oxygen atoms in total. The van der Waals surface area contributed by atoms with Crippen molar-refractivity contribution in [1.82, 2.24) is 4.98 Å². The molecule has 1 unspecified atom stereocenters. The molecule has 1 saturated carbocycles. The Kier molecular flexibility index (Phi) is 3.19. The van der Waals surface area contributed by atoms with E-state index in [2.05, 4.69) is 10.3 Å². The predicted molar refractivity (Wildman–Crippen MR) is 62.9 cm³/mol. The normalized spacial score (nSPS) is 16.9. The van der Waals surface area contributed by atoms with Crippen molar-refractivity contribution in [2.45, 2.75) is 32.2 Å². The van der Waals surface area contributed by atoms with Crippen molar-refractivity contribution < 1.29 is 4.79 Å². The van der Waals surface area contributed by atoms with E-state index >= 15 is 0 Å². The van der Waals surface area contributed by atoms with Crippen molar-refractivity contribution >= 4 is 11.6 Å². The summed E-state index contributed by atoms with van der Waals surface area (Å²) >= 11 is 0. The molecule has 0 radical (unpaired) electrons. The fourth-order valence-corrected chi connectivity index (χ4v) is 1.70. The van der Waals surface area contributed by atoms with Crippen molar-refractivity contribution in [2.24, 2.45) is 11.7 Å². The fourth-order valence-electron chi connectivity index (χ4n) is 1.70. The number of hydrogen-bond acceptors (Lipinski definition) is 3. The second-order valence-electron chi connectivity index (χ2n) is 4.44. The van der Waals surface area contributed by atoms with Crippen LogP contribution < -0.4 is 11.1 Å². The first-order valence-electron chi connectivity index (χ1n) is 5.63. The summed E-state index contributed by atoms with van der Waals surface area (Å²) in [5.41, 5.74) is 7.69. The molecular formula is C12H17N3O. The van der Waals surface area contributed by atoms with Gasteiger partial charge in [-0.25, -0.2) is 0 Å². The van der Waals surface area contributed by atoms with Gasteiger partial charge in [0, 0.05) is 18.7 Å². The molecule has 0 saturated heterocycles. The first kappa shape index (κ1) is 11.1. The first-order valence-corrected chi connectivity index (χ1v) is 5.63. The third-order valence-corrected chi connectivity index (χ3v) is 2.96. The van der Waals surface area contributed by atoms with Gasteiger partial charge in [-0.15, -0.1) is 0 Å². The minimum atomic E-state index is -0.0181. The van der Waals surface area contributed by atoms with Gasteiger partial charge in [0.15, 0.2) is 0 Å². The Morgan fingerprint density at radius 3 is 3.06 bits per heavy atom. The van der Waals surface area contributed by atoms with E-state index in [9.17, 15) is 4.79 Å². The van der Waals surface area contributed by atoms with Crippen molar-refractivity contribution in [3.8, 4) is 0 Å². The van der Waals surface area contributed by atoms with E-state index in [1.807, 2.05) is 13.0 Å². The number of nitrogens with two attached hydrogens (primary N) is 1. The lowest BCUT2D eigenvalue weighted by atomic mass is 10.1. The van der Waals surface area contributed by atoms with Crippen LogP contribution in [0.1, 0.15) is 24.8 Å². The molecule has 1 aromatic rings. The molecule has 1 atom stereocenters. The molecule has 1 amide bonds. The van der Waals surface area contributed by atoms with Crippen molar-refractivity contribution in [2.75, 3.05) is 5.32 Å². The number of amides is 1. The third kappa shape index (κ3) is 2.79. The predicted octanol–water partition coefficient (Wildman–Crippen LogP) is 1.46. The van der Waals surface area contributed by atoms with Crippen LogP contribution in [0, 0.1) is 12.8 Å². The highest BCUT2D eigenvalue weighted by atomic mass is 16.1. The van der Waals surface area contributed by atoms with Crippen molar-refractivity contribution in [1.29, 1.82) is 0 Å². The number of nitrogens with zero attached hydrogens (tertiary/aromatic N) is 1. The van der Waals surface area contributed by atoms with Gasteiger partial charge in [-0.3, -0.25) is 9.78 Å². The number of hydrogen-bond donors (Lipinski definition) is 2. The van der Waals surface area contributed by atoms with Gasteiger partial charge in [0.1, 0.15) is 0 Å². The molecular weight excluding hydrogens is 202 g/mol. The van der Waals surface area contributed by atoms with Gasteiger partial charge >= 0.3 is 0 Å². The minimum absolute atomic E-state index is 0.0111. The van der Waals surface area contributed by atoms with E-state index in [0.29, 0.717) is 12.3 Å². The summed E-state index contributed by atoms with van der Waals surface area (Å²) in [7, 11) is 0. The number of carbonyl (C=O) groups excluding carboxylic acids is 1. The lowest BCUT2D eigenvalue weighted by Crippen LogP contribution is -2.29. The summed E-state index contributed by atoms with van der Waals surface area (Å²) in [5.74, 6) is 0.538. The van der Waals surface area contributed by atoms with Gasteiger partial charge in [0.05, 0.1) is 11.9 Å². The van der Waals surface area contributed by atoms with E-state index in [-0.39, 0.29) is 11.9 Å². The van der Waals surface area contributed by atoms with E-state index in [1.54, 1.807) is 12.4 Å². The molecule has 1 aliphatic rings. The zero-order valence-electron chi connectivity index (χ0n) is 9.44. The molecule has 0 bridgehead atoms. The van der Waals surface area contributed by atoms with Gasteiger partial charge in [0.2, 0.25) is 5.91 Å². The van der Waals surface area contributed by atoms with E-state index < -0.39 is 0 Å². The van der Waals surface area contributed by atoms with Crippen LogP contribution in [-0.4, -0.2) is 16.9 Å². The molecule has 1 fully saturated rings. The maximum atomic E-state index is 11.7. The Bertz CT molecular complexity index is 388. The first-order chi connectivity index (χ1) is 7.66. The maximum absolute atomic E-state index is 11.7. The number of aryl methyl sites for hydroxylation is 1. The molecule has 1 aromatic heterocycles. The smallest absolute Gasteiger partial charge is 0.225 e. The summed E-state index contributed by atoms with van der Waals surface area (Å²) < 4.78 is 0. The second-order valence-corrected chi connectivity index (χ2v) is 4.44.